The Hall–Kier alpha value is -0.970. The molecule has 3 saturated heterocycles. The maximum Gasteiger partial charge on any atom is 0.0419 e. The van der Waals surface area contributed by atoms with E-state index < -0.39 is 0 Å². The van der Waals surface area contributed by atoms with E-state index in [1.165, 1.54) is 38.4 Å². The van der Waals surface area contributed by atoms with Crippen molar-refractivity contribution in [2.75, 3.05) is 39.8 Å². The van der Waals surface area contributed by atoms with Crippen LogP contribution in [0.3, 0.4) is 0 Å². The zero-order chi connectivity index (χ0) is 12.4. The van der Waals surface area contributed by atoms with Gasteiger partial charge >= 0.3 is 0 Å². The first-order valence-electron chi connectivity index (χ1n) is 6.90. The maximum atomic E-state index is 4.45. The van der Waals surface area contributed by atoms with Crippen molar-refractivity contribution in [3.63, 3.8) is 0 Å². The van der Waals surface area contributed by atoms with Gasteiger partial charge in [0.1, 0.15) is 0 Å². The first-order valence-corrected chi connectivity index (χ1v) is 6.90. The third kappa shape index (κ3) is 2.41. The van der Waals surface area contributed by atoms with Crippen molar-refractivity contribution in [3.05, 3.63) is 30.1 Å². The Morgan fingerprint density at radius 3 is 2.72 bits per heavy atom. The number of hydrogen-bond acceptors (Lipinski definition) is 4. The number of nitrogens with zero attached hydrogens (tertiary/aromatic N) is 3. The van der Waals surface area contributed by atoms with Crippen LogP contribution in [0, 0.1) is 0 Å². The van der Waals surface area contributed by atoms with Crippen LogP contribution >= 0.6 is 0 Å². The van der Waals surface area contributed by atoms with Crippen LogP contribution in [0.1, 0.15) is 5.69 Å². The van der Waals surface area contributed by atoms with Crippen LogP contribution < -0.4 is 5.32 Å². The van der Waals surface area contributed by atoms with E-state index in [4.69, 9.17) is 0 Å². The molecule has 3 aliphatic rings. The molecule has 0 aliphatic carbocycles. The van der Waals surface area contributed by atoms with Gasteiger partial charge in [-0.15, -0.1) is 0 Å². The Balaban J connectivity index is 1.69. The summed E-state index contributed by atoms with van der Waals surface area (Å²) >= 11 is 0. The van der Waals surface area contributed by atoms with E-state index in [2.05, 4.69) is 39.3 Å². The molecule has 2 atom stereocenters. The van der Waals surface area contributed by atoms with Gasteiger partial charge < -0.3 is 5.32 Å². The van der Waals surface area contributed by atoms with Gasteiger partial charge in [-0.2, -0.15) is 0 Å². The monoisotopic (exact) mass is 246 g/mol. The molecular weight excluding hydrogens is 224 g/mol. The summed E-state index contributed by atoms with van der Waals surface area (Å²) in [5.74, 6) is 0. The summed E-state index contributed by atoms with van der Waals surface area (Å²) in [5, 5.41) is 3.50. The quantitative estimate of drug-likeness (QED) is 0.823. The number of pyridine rings is 1. The molecular formula is C14H22N4. The van der Waals surface area contributed by atoms with Crippen LogP contribution in [0.2, 0.25) is 0 Å². The molecule has 0 spiro atoms. The molecule has 2 bridgehead atoms. The zero-order valence-electron chi connectivity index (χ0n) is 11.0. The summed E-state index contributed by atoms with van der Waals surface area (Å²) in [6.07, 6.45) is 2.91. The summed E-state index contributed by atoms with van der Waals surface area (Å²) in [4.78, 5) is 9.68. The number of hydrogen-bond donors (Lipinski definition) is 1. The molecule has 0 amide bonds. The van der Waals surface area contributed by atoms with Crippen molar-refractivity contribution in [1.82, 2.24) is 20.1 Å². The van der Waals surface area contributed by atoms with Gasteiger partial charge in [0.15, 0.2) is 0 Å². The van der Waals surface area contributed by atoms with Gasteiger partial charge in [0, 0.05) is 63.1 Å². The standard InChI is InChI=1S/C14H22N4/c1-15-13(10-12-4-2-3-5-16-12)14-11-17-6-8-18(14)9-7-17/h2-5,13-15H,6-11H2,1H3. The average Bonchev–Trinajstić information content (AvgIpc) is 2.47. The highest BCUT2D eigenvalue weighted by Crippen LogP contribution is 2.19. The SMILES string of the molecule is CNC(Cc1ccccn1)C1CN2CCN1CC2. The molecule has 0 radical (unpaired) electrons. The number of nitrogens with one attached hydrogen (secondary N) is 1. The van der Waals surface area contributed by atoms with Gasteiger partial charge in [0.25, 0.3) is 0 Å². The molecule has 4 nitrogen and oxygen atoms in total. The summed E-state index contributed by atoms with van der Waals surface area (Å²) < 4.78 is 0. The lowest BCUT2D eigenvalue weighted by Crippen LogP contribution is -2.66. The molecule has 1 aromatic heterocycles. The van der Waals surface area contributed by atoms with Crippen LogP contribution in [0.4, 0.5) is 0 Å². The first-order chi connectivity index (χ1) is 8.86. The van der Waals surface area contributed by atoms with E-state index in [-0.39, 0.29) is 0 Å². The molecule has 4 rings (SSSR count). The van der Waals surface area contributed by atoms with Crippen LogP contribution in [-0.2, 0) is 6.42 Å². The predicted octanol–water partition coefficient (Wildman–Crippen LogP) is 0.212. The molecule has 2 unspecified atom stereocenters. The third-order valence-corrected chi connectivity index (χ3v) is 4.31. The van der Waals surface area contributed by atoms with Crippen molar-refractivity contribution >= 4 is 0 Å². The van der Waals surface area contributed by atoms with E-state index in [0.717, 1.165) is 6.42 Å². The molecule has 3 fully saturated rings. The normalized spacial score (nSPS) is 32.4. The molecule has 3 aliphatic heterocycles. The minimum Gasteiger partial charge on any atom is -0.315 e. The topological polar surface area (TPSA) is 31.4 Å². The molecule has 0 saturated carbocycles. The lowest BCUT2D eigenvalue weighted by atomic mass is 9.96. The van der Waals surface area contributed by atoms with Crippen LogP contribution in [0.15, 0.2) is 24.4 Å². The molecule has 4 heteroatoms. The molecule has 98 valence electrons. The van der Waals surface area contributed by atoms with E-state index in [1.54, 1.807) is 0 Å². The Morgan fingerprint density at radius 1 is 1.33 bits per heavy atom. The van der Waals surface area contributed by atoms with Gasteiger partial charge in [-0.1, -0.05) is 6.07 Å². The number of fused-ring (bicyclic) bond motifs is 3. The fourth-order valence-electron chi connectivity index (χ4n) is 3.21. The van der Waals surface area contributed by atoms with Gasteiger partial charge in [-0.05, 0) is 19.2 Å². The summed E-state index contributed by atoms with van der Waals surface area (Å²) in [5.41, 5.74) is 1.19. The second-order valence-corrected chi connectivity index (χ2v) is 5.32. The lowest BCUT2D eigenvalue weighted by Gasteiger charge is -2.50. The smallest absolute Gasteiger partial charge is 0.0419 e. The first kappa shape index (κ1) is 12.1. The maximum absolute atomic E-state index is 4.45. The summed E-state index contributed by atoms with van der Waals surface area (Å²) in [6.45, 7) is 6.15. The molecule has 4 heterocycles. The summed E-state index contributed by atoms with van der Waals surface area (Å²) in [7, 11) is 2.08. The van der Waals surface area contributed by atoms with Gasteiger partial charge in [-0.25, -0.2) is 0 Å². The second kappa shape index (κ2) is 5.34. The molecule has 0 aromatic carbocycles. The van der Waals surface area contributed by atoms with Gasteiger partial charge in [-0.3, -0.25) is 14.8 Å². The van der Waals surface area contributed by atoms with Crippen molar-refractivity contribution in [3.8, 4) is 0 Å². The van der Waals surface area contributed by atoms with Crippen molar-refractivity contribution in [1.29, 1.82) is 0 Å². The fourth-order valence-corrected chi connectivity index (χ4v) is 3.21. The van der Waals surface area contributed by atoms with Crippen molar-refractivity contribution in [2.45, 2.75) is 18.5 Å². The average molecular weight is 246 g/mol. The minimum atomic E-state index is 0.503. The molecule has 18 heavy (non-hydrogen) atoms. The van der Waals surface area contributed by atoms with E-state index >= 15 is 0 Å². The number of aromatic nitrogens is 1. The van der Waals surface area contributed by atoms with E-state index in [0.29, 0.717) is 12.1 Å². The number of piperazine rings is 3. The highest BCUT2D eigenvalue weighted by atomic mass is 15.4. The molecule has 1 aromatic rings. The Bertz CT molecular complexity index is 373. The highest BCUT2D eigenvalue weighted by Gasteiger charge is 2.36. The lowest BCUT2D eigenvalue weighted by molar-refractivity contribution is -0.00214. The summed E-state index contributed by atoms with van der Waals surface area (Å²) in [6, 6.07) is 7.32. The largest absolute Gasteiger partial charge is 0.315 e. The number of rotatable bonds is 4. The van der Waals surface area contributed by atoms with Gasteiger partial charge in [0.05, 0.1) is 0 Å². The fraction of sp³-hybridized carbons (Fsp3) is 0.643. The Labute approximate surface area is 109 Å². The van der Waals surface area contributed by atoms with E-state index in [9.17, 15) is 0 Å². The van der Waals surface area contributed by atoms with Crippen LogP contribution in [0.25, 0.3) is 0 Å². The minimum absolute atomic E-state index is 0.503. The number of likely N-dealkylation sites (N-methyl/N-ethyl adjacent to an activating group) is 1. The Kier molecular flexibility index (Phi) is 3.59. The van der Waals surface area contributed by atoms with Crippen LogP contribution in [0.5, 0.6) is 0 Å². The third-order valence-electron chi connectivity index (χ3n) is 4.31. The Morgan fingerprint density at radius 2 is 2.17 bits per heavy atom. The molecule has 1 N–H and O–H groups in total. The van der Waals surface area contributed by atoms with Gasteiger partial charge in [0.2, 0.25) is 0 Å². The van der Waals surface area contributed by atoms with Crippen molar-refractivity contribution in [2.24, 2.45) is 0 Å². The second-order valence-electron chi connectivity index (χ2n) is 5.32. The zero-order valence-corrected chi connectivity index (χ0v) is 11.0. The predicted molar refractivity (Wildman–Crippen MR) is 72.6 cm³/mol. The van der Waals surface area contributed by atoms with Crippen LogP contribution in [-0.4, -0.2) is 66.6 Å². The van der Waals surface area contributed by atoms with E-state index in [1.807, 2.05) is 12.3 Å². The highest BCUT2D eigenvalue weighted by molar-refractivity contribution is 5.07. The van der Waals surface area contributed by atoms with Crippen molar-refractivity contribution < 1.29 is 0 Å².